The number of aliphatic hydroxyl groups is 3. The molecule has 3 bridgehead atoms. The Morgan fingerprint density at radius 2 is 1.86 bits per heavy atom. The van der Waals surface area contributed by atoms with Crippen molar-refractivity contribution < 1.29 is 39.1 Å². The number of hydrogen-bond donors (Lipinski definition) is 3. The molecule has 3 saturated heterocycles. The third-order valence-electron chi connectivity index (χ3n) is 10.2. The van der Waals surface area contributed by atoms with E-state index in [4.69, 9.17) is 18.9 Å². The Labute approximate surface area is 203 Å². The largest absolute Gasteiger partial charge is 0.393 e. The number of ether oxygens (including phenoxy) is 4. The van der Waals surface area contributed by atoms with Crippen molar-refractivity contribution in [3.63, 3.8) is 0 Å². The van der Waals surface area contributed by atoms with Gasteiger partial charge in [0.05, 0.1) is 12.2 Å². The summed E-state index contributed by atoms with van der Waals surface area (Å²) in [5.41, 5.74) is -4.14. The van der Waals surface area contributed by atoms with E-state index in [1.54, 1.807) is 6.92 Å². The summed E-state index contributed by atoms with van der Waals surface area (Å²) in [6.07, 6.45) is -1.97. The highest BCUT2D eigenvalue weighted by atomic mass is 16.9. The molecular weight excluding hydrogens is 452 g/mol. The first-order valence-corrected chi connectivity index (χ1v) is 12.6. The average molecular weight is 485 g/mol. The van der Waals surface area contributed by atoms with Crippen LogP contribution in [0.25, 0.3) is 0 Å². The topological polar surface area (TPSA) is 118 Å². The van der Waals surface area contributed by atoms with Crippen molar-refractivity contribution in [2.45, 2.75) is 80.3 Å². The molecule has 6 fully saturated rings. The molecule has 0 unspecified atom stereocenters. The minimum atomic E-state index is -2.13. The first kappa shape index (κ1) is 22.5. The number of carbonyl (C=O) groups excluding carboxylic acids is 1. The van der Waals surface area contributed by atoms with Crippen molar-refractivity contribution in [2.75, 3.05) is 6.61 Å². The summed E-state index contributed by atoms with van der Waals surface area (Å²) >= 11 is 0. The lowest BCUT2D eigenvalue weighted by molar-refractivity contribution is -0.442. The zero-order valence-electron chi connectivity index (χ0n) is 20.1. The minimum absolute atomic E-state index is 0.199. The summed E-state index contributed by atoms with van der Waals surface area (Å²) in [5, 5.41) is 34.1. The maximum absolute atomic E-state index is 13.5. The second-order valence-electron chi connectivity index (χ2n) is 11.8. The summed E-state index contributed by atoms with van der Waals surface area (Å²) in [7, 11) is 0. The number of epoxide rings is 1. The normalized spacial score (nSPS) is 57.3. The number of aliphatic hydroxyl groups excluding tert-OH is 2. The van der Waals surface area contributed by atoms with Crippen LogP contribution in [0.5, 0.6) is 0 Å². The lowest BCUT2D eigenvalue weighted by Crippen LogP contribution is -2.72. The highest BCUT2D eigenvalue weighted by molar-refractivity contribution is 5.93. The van der Waals surface area contributed by atoms with Crippen LogP contribution in [0.3, 0.4) is 0 Å². The van der Waals surface area contributed by atoms with E-state index in [1.807, 2.05) is 44.2 Å². The van der Waals surface area contributed by atoms with E-state index in [0.29, 0.717) is 18.4 Å². The van der Waals surface area contributed by atoms with Gasteiger partial charge in [0.1, 0.15) is 29.5 Å². The zero-order chi connectivity index (χ0) is 24.8. The fourth-order valence-corrected chi connectivity index (χ4v) is 8.55. The van der Waals surface area contributed by atoms with Crippen LogP contribution in [-0.2, 0) is 29.7 Å². The van der Waals surface area contributed by atoms with Gasteiger partial charge in [-0.2, -0.15) is 0 Å². The summed E-state index contributed by atoms with van der Waals surface area (Å²) in [6.45, 7) is 9.47. The molecule has 3 aliphatic heterocycles. The molecule has 0 amide bonds. The predicted molar refractivity (Wildman–Crippen MR) is 121 cm³/mol. The average Bonchev–Trinajstić information content (AvgIpc) is 3.48. The molecule has 3 heterocycles. The molecule has 12 atom stereocenters. The fraction of sp³-hybridized carbons (Fsp3) is 0.667. The van der Waals surface area contributed by atoms with Gasteiger partial charge in [0.15, 0.2) is 11.4 Å². The monoisotopic (exact) mass is 484 g/mol. The maximum Gasteiger partial charge on any atom is 0.313 e. The molecule has 3 saturated carbocycles. The van der Waals surface area contributed by atoms with Gasteiger partial charge in [-0.3, -0.25) is 4.79 Å². The van der Waals surface area contributed by atoms with Crippen LogP contribution in [0, 0.1) is 23.7 Å². The number of benzene rings is 1. The van der Waals surface area contributed by atoms with Crippen LogP contribution in [0.2, 0.25) is 0 Å². The van der Waals surface area contributed by atoms with E-state index in [9.17, 15) is 20.1 Å². The van der Waals surface area contributed by atoms with E-state index in [1.165, 1.54) is 0 Å². The van der Waals surface area contributed by atoms with Gasteiger partial charge in [-0.1, -0.05) is 50.8 Å². The van der Waals surface area contributed by atoms with Gasteiger partial charge in [0, 0.05) is 23.3 Å². The summed E-state index contributed by atoms with van der Waals surface area (Å²) < 4.78 is 26.6. The van der Waals surface area contributed by atoms with Gasteiger partial charge >= 0.3 is 5.97 Å². The Balaban J connectivity index is 1.52. The molecule has 8 nitrogen and oxygen atoms in total. The lowest BCUT2D eigenvalue weighted by Gasteiger charge is -2.60. The fourth-order valence-electron chi connectivity index (χ4n) is 8.55. The highest BCUT2D eigenvalue weighted by Crippen LogP contribution is 2.74. The van der Waals surface area contributed by atoms with Gasteiger partial charge in [-0.25, -0.2) is 0 Å². The van der Waals surface area contributed by atoms with Crippen LogP contribution in [-0.4, -0.2) is 68.4 Å². The molecule has 1 aromatic carbocycles. The van der Waals surface area contributed by atoms with Gasteiger partial charge in [0.2, 0.25) is 0 Å². The molecule has 35 heavy (non-hydrogen) atoms. The summed E-state index contributed by atoms with van der Waals surface area (Å²) in [4.78, 5) is 13.5. The van der Waals surface area contributed by atoms with Crippen molar-refractivity contribution in [1.29, 1.82) is 0 Å². The van der Waals surface area contributed by atoms with Gasteiger partial charge < -0.3 is 34.3 Å². The third kappa shape index (κ3) is 2.20. The zero-order valence-corrected chi connectivity index (χ0v) is 20.1. The Morgan fingerprint density at radius 1 is 1.14 bits per heavy atom. The van der Waals surface area contributed by atoms with Crippen LogP contribution in [0.1, 0.15) is 39.2 Å². The second kappa shape index (κ2) is 6.42. The quantitative estimate of drug-likeness (QED) is 0.436. The smallest absolute Gasteiger partial charge is 0.313 e. The number of hydrogen-bond acceptors (Lipinski definition) is 8. The molecule has 188 valence electrons. The van der Waals surface area contributed by atoms with Crippen molar-refractivity contribution in [2.24, 2.45) is 23.7 Å². The summed E-state index contributed by atoms with van der Waals surface area (Å²) in [5.74, 6) is -3.91. The van der Waals surface area contributed by atoms with Crippen LogP contribution < -0.4 is 0 Å². The molecule has 0 spiro atoms. The van der Waals surface area contributed by atoms with Crippen molar-refractivity contribution in [3.8, 4) is 0 Å². The maximum atomic E-state index is 13.5. The SMILES string of the molecule is C=C(C)[C@]12C[C@@H](C)[C@@]34O[C@](c5ccccc5)(O[C@@H]1[C@@H]3[C@@H]1O[C@]1(CO)[C@@H](O)[C@]1(O)C(=O)[C@@H](C)C[C@H]14)O2. The lowest BCUT2D eigenvalue weighted by atomic mass is 9.54. The highest BCUT2D eigenvalue weighted by Gasteiger charge is 2.89. The molecule has 3 N–H and O–H groups in total. The second-order valence-corrected chi connectivity index (χ2v) is 11.8. The molecule has 6 aliphatic rings. The Hall–Kier alpha value is -1.65. The first-order chi connectivity index (χ1) is 16.5. The number of Topliss-reactive ketones (excluding diaryl/α,β-unsaturated/α-hetero) is 1. The first-order valence-electron chi connectivity index (χ1n) is 12.6. The van der Waals surface area contributed by atoms with Crippen LogP contribution in [0.4, 0.5) is 0 Å². The Morgan fingerprint density at radius 3 is 2.51 bits per heavy atom. The van der Waals surface area contributed by atoms with Crippen molar-refractivity contribution in [3.05, 3.63) is 48.0 Å². The van der Waals surface area contributed by atoms with Crippen molar-refractivity contribution in [1.82, 2.24) is 0 Å². The van der Waals surface area contributed by atoms with E-state index >= 15 is 0 Å². The Kier molecular flexibility index (Phi) is 4.14. The Bertz CT molecular complexity index is 1140. The minimum Gasteiger partial charge on any atom is -0.393 e. The van der Waals surface area contributed by atoms with Gasteiger partial charge in [0.25, 0.3) is 0 Å². The molecule has 3 aliphatic carbocycles. The van der Waals surface area contributed by atoms with Gasteiger partial charge in [-0.15, -0.1) is 0 Å². The molecule has 0 aromatic heterocycles. The number of rotatable bonds is 3. The van der Waals surface area contributed by atoms with E-state index in [2.05, 4.69) is 6.58 Å². The molecule has 0 radical (unpaired) electrons. The number of carbonyl (C=O) groups is 1. The molecule has 8 heteroatoms. The van der Waals surface area contributed by atoms with E-state index in [0.717, 1.165) is 5.57 Å². The van der Waals surface area contributed by atoms with Crippen LogP contribution >= 0.6 is 0 Å². The van der Waals surface area contributed by atoms with Gasteiger partial charge in [-0.05, 0) is 31.3 Å². The van der Waals surface area contributed by atoms with E-state index < -0.39 is 76.8 Å². The number of fused-ring (bicyclic) bond motifs is 3. The molecule has 7 rings (SSSR count). The predicted octanol–water partition coefficient (Wildman–Crippen LogP) is 1.41. The standard InChI is InChI=1S/C27H32O8/c1-13(2)23-11-15(4)26-17-10-14(3)19(29)25(17,31)22(30)24(12-28)21(32-24)18(26)20(23)33-27(34-23,35-26)16-8-6-5-7-9-16/h5-9,14-15,17-18,20-22,28,30-31H,1,10-12H2,2-4H3/t14-,15+,17+,18+,20+,21-,22+,23+,24-,25+,26-,27+/m0/s1. The summed E-state index contributed by atoms with van der Waals surface area (Å²) in [6, 6.07) is 9.41. The molecular formula is C27H32O8. The van der Waals surface area contributed by atoms with Crippen LogP contribution in [0.15, 0.2) is 42.5 Å². The molecule has 1 aromatic rings. The number of ketones is 1. The van der Waals surface area contributed by atoms with Crippen molar-refractivity contribution >= 4 is 5.78 Å². The van der Waals surface area contributed by atoms with E-state index in [-0.39, 0.29) is 5.92 Å². The third-order valence-corrected chi connectivity index (χ3v) is 10.2.